The number of sulfonamides is 1. The molecule has 0 aromatic carbocycles. The summed E-state index contributed by atoms with van der Waals surface area (Å²) in [7, 11) is -3.85. The van der Waals surface area contributed by atoms with Crippen molar-refractivity contribution in [2.45, 2.75) is 37.4 Å². The van der Waals surface area contributed by atoms with Gasteiger partial charge in [-0.1, -0.05) is 11.6 Å². The van der Waals surface area contributed by atoms with Gasteiger partial charge in [0.15, 0.2) is 0 Å². The number of aliphatic carboxylic acids is 1. The zero-order valence-electron chi connectivity index (χ0n) is 11.3. The highest BCUT2D eigenvalue weighted by molar-refractivity contribution is 9.11. The lowest BCUT2D eigenvalue weighted by Gasteiger charge is -2.38. The molecule has 0 aliphatic carbocycles. The third-order valence-corrected chi connectivity index (χ3v) is 7.98. The quantitative estimate of drug-likeness (QED) is 0.788. The fourth-order valence-electron chi connectivity index (χ4n) is 1.24. The Bertz CT molecular complexity index is 617. The van der Waals surface area contributed by atoms with Crippen molar-refractivity contribution >= 4 is 54.9 Å². The molecule has 0 bridgehead atoms. The van der Waals surface area contributed by atoms with Crippen LogP contribution in [0.2, 0.25) is 5.02 Å². The van der Waals surface area contributed by atoms with Crippen molar-refractivity contribution in [3.05, 3.63) is 14.9 Å². The number of nitrogens with one attached hydrogen (secondary N) is 1. The van der Waals surface area contributed by atoms with Crippen LogP contribution < -0.4 is 4.72 Å². The topological polar surface area (TPSA) is 83.5 Å². The minimum atomic E-state index is -3.85. The summed E-state index contributed by atoms with van der Waals surface area (Å²) in [5.74, 6) is -1.09. The molecule has 0 spiro atoms. The first kappa shape index (κ1) is 17.9. The molecule has 0 unspecified atom stereocenters. The van der Waals surface area contributed by atoms with Gasteiger partial charge in [0.2, 0.25) is 0 Å². The third kappa shape index (κ3) is 3.36. The lowest BCUT2D eigenvalue weighted by Crippen LogP contribution is -2.56. The van der Waals surface area contributed by atoms with E-state index in [4.69, 9.17) is 11.6 Å². The van der Waals surface area contributed by atoms with Crippen LogP contribution >= 0.6 is 38.9 Å². The predicted molar refractivity (Wildman–Crippen MR) is 82.8 cm³/mol. The van der Waals surface area contributed by atoms with E-state index in [1.54, 1.807) is 0 Å². The van der Waals surface area contributed by atoms with Crippen LogP contribution in [0.4, 0.5) is 0 Å². The highest BCUT2D eigenvalue weighted by Gasteiger charge is 2.46. The van der Waals surface area contributed by atoms with Gasteiger partial charge in [-0.25, -0.2) is 13.1 Å². The summed E-state index contributed by atoms with van der Waals surface area (Å²) in [4.78, 5) is 11.3. The summed E-state index contributed by atoms with van der Waals surface area (Å²) >= 11 is 9.94. The van der Waals surface area contributed by atoms with Crippen molar-refractivity contribution in [2.75, 3.05) is 0 Å². The second-order valence-corrected chi connectivity index (χ2v) is 10.0. The van der Waals surface area contributed by atoms with E-state index in [2.05, 4.69) is 20.7 Å². The molecule has 0 fully saturated rings. The van der Waals surface area contributed by atoms with E-state index in [1.165, 1.54) is 33.8 Å². The summed E-state index contributed by atoms with van der Waals surface area (Å²) in [6.45, 7) is 6.00. The van der Waals surface area contributed by atoms with Crippen molar-refractivity contribution in [2.24, 2.45) is 5.41 Å². The Hall–Kier alpha value is -0.150. The van der Waals surface area contributed by atoms with E-state index >= 15 is 0 Å². The Labute approximate surface area is 135 Å². The molecule has 0 saturated heterocycles. The molecule has 9 heteroatoms. The molecule has 1 aromatic heterocycles. The van der Waals surface area contributed by atoms with Crippen molar-refractivity contribution in [3.63, 3.8) is 0 Å². The maximum atomic E-state index is 12.3. The average Bonchev–Trinajstić information content (AvgIpc) is 2.58. The maximum absolute atomic E-state index is 12.3. The zero-order valence-corrected chi connectivity index (χ0v) is 15.3. The number of hydrogen-bond donors (Lipinski definition) is 2. The Balaban J connectivity index is 3.17. The van der Waals surface area contributed by atoms with E-state index in [1.807, 2.05) is 0 Å². The van der Waals surface area contributed by atoms with Gasteiger partial charge in [0, 0.05) is 5.54 Å². The molecule has 0 aliphatic rings. The maximum Gasteiger partial charge on any atom is 0.310 e. The molecule has 0 saturated carbocycles. The van der Waals surface area contributed by atoms with Crippen LogP contribution in [0.15, 0.2) is 14.1 Å². The number of carboxylic acid groups (broad SMARTS) is 1. The predicted octanol–water partition coefficient (Wildman–Crippen LogP) is 3.33. The van der Waals surface area contributed by atoms with E-state index < -0.39 is 26.9 Å². The van der Waals surface area contributed by atoms with Gasteiger partial charge in [0.1, 0.15) is 4.21 Å². The van der Waals surface area contributed by atoms with E-state index in [-0.39, 0.29) is 4.21 Å². The van der Waals surface area contributed by atoms with Crippen molar-refractivity contribution in [1.29, 1.82) is 0 Å². The molecular formula is C11H15BrClNO4S2. The average molecular weight is 405 g/mol. The third-order valence-electron chi connectivity index (χ3n) is 3.37. The first-order chi connectivity index (χ1) is 8.81. The fraction of sp³-hybridized carbons (Fsp3) is 0.545. The van der Waals surface area contributed by atoms with E-state index in [0.29, 0.717) is 8.81 Å². The highest BCUT2D eigenvalue weighted by Crippen LogP contribution is 2.37. The van der Waals surface area contributed by atoms with Crippen LogP contribution in [0.5, 0.6) is 0 Å². The molecule has 1 heterocycles. The number of hydrogen-bond acceptors (Lipinski definition) is 4. The van der Waals surface area contributed by atoms with Gasteiger partial charge in [-0.3, -0.25) is 4.79 Å². The number of rotatable bonds is 5. The van der Waals surface area contributed by atoms with Crippen molar-refractivity contribution in [1.82, 2.24) is 4.72 Å². The molecule has 5 nitrogen and oxygen atoms in total. The monoisotopic (exact) mass is 403 g/mol. The standard InChI is InChI=1S/C11H15BrClNO4S2/c1-10(2,9(15)16)11(3,4)14-20(17,18)7-5-6(13)8(12)19-7/h5,14H,1-4H3,(H,15,16). The molecular weight excluding hydrogens is 390 g/mol. The first-order valence-corrected chi connectivity index (χ1v) is 9.00. The van der Waals surface area contributed by atoms with Crippen molar-refractivity contribution < 1.29 is 18.3 Å². The summed E-state index contributed by atoms with van der Waals surface area (Å²) in [5.41, 5.74) is -2.46. The molecule has 0 amide bonds. The Morgan fingerprint density at radius 1 is 1.40 bits per heavy atom. The van der Waals surface area contributed by atoms with Crippen LogP contribution in [-0.2, 0) is 14.8 Å². The molecule has 1 aromatic rings. The minimum Gasteiger partial charge on any atom is -0.481 e. The largest absolute Gasteiger partial charge is 0.481 e. The lowest BCUT2D eigenvalue weighted by molar-refractivity contribution is -0.150. The van der Waals surface area contributed by atoms with E-state index in [0.717, 1.165) is 11.3 Å². The Morgan fingerprint density at radius 2 is 1.90 bits per heavy atom. The lowest BCUT2D eigenvalue weighted by atomic mass is 9.75. The highest BCUT2D eigenvalue weighted by atomic mass is 79.9. The van der Waals surface area contributed by atoms with Crippen molar-refractivity contribution in [3.8, 4) is 0 Å². The van der Waals surface area contributed by atoms with Crippen LogP contribution in [-0.4, -0.2) is 25.0 Å². The molecule has 114 valence electrons. The number of thiophene rings is 1. The van der Waals surface area contributed by atoms with Gasteiger partial charge < -0.3 is 5.11 Å². The summed E-state index contributed by atoms with van der Waals surface area (Å²) < 4.78 is 27.6. The second-order valence-electron chi connectivity index (χ2n) is 5.35. The SMILES string of the molecule is CC(C)(NS(=O)(=O)c1cc(Cl)c(Br)s1)C(C)(C)C(=O)O. The smallest absolute Gasteiger partial charge is 0.310 e. The van der Waals surface area contributed by atoms with Crippen LogP contribution in [0.3, 0.4) is 0 Å². The number of halogens is 2. The van der Waals surface area contributed by atoms with Crippen LogP contribution in [0.25, 0.3) is 0 Å². The Kier molecular flexibility index (Phi) is 4.98. The summed E-state index contributed by atoms with van der Waals surface area (Å²) in [5, 5.41) is 9.53. The van der Waals surface area contributed by atoms with Crippen LogP contribution in [0, 0.1) is 5.41 Å². The van der Waals surface area contributed by atoms with E-state index in [9.17, 15) is 18.3 Å². The van der Waals surface area contributed by atoms with Gasteiger partial charge in [0.25, 0.3) is 10.0 Å². The molecule has 0 aliphatic heterocycles. The molecule has 0 atom stereocenters. The second kappa shape index (κ2) is 5.57. The van der Waals surface area contributed by atoms with Gasteiger partial charge in [-0.05, 0) is 49.7 Å². The molecule has 0 radical (unpaired) electrons. The fourth-order valence-corrected chi connectivity index (χ4v) is 5.18. The first-order valence-electron chi connectivity index (χ1n) is 5.53. The molecule has 2 N–H and O–H groups in total. The van der Waals surface area contributed by atoms with Crippen LogP contribution in [0.1, 0.15) is 27.7 Å². The van der Waals surface area contributed by atoms with Gasteiger partial charge >= 0.3 is 5.97 Å². The summed E-state index contributed by atoms with van der Waals surface area (Å²) in [6, 6.07) is 1.32. The number of carboxylic acids is 1. The molecule has 1 rings (SSSR count). The van der Waals surface area contributed by atoms with Gasteiger partial charge in [-0.15, -0.1) is 11.3 Å². The van der Waals surface area contributed by atoms with Gasteiger partial charge in [-0.2, -0.15) is 0 Å². The minimum absolute atomic E-state index is 0.0311. The summed E-state index contributed by atoms with van der Waals surface area (Å²) in [6.07, 6.45) is 0. The molecule has 20 heavy (non-hydrogen) atoms. The number of carbonyl (C=O) groups is 1. The Morgan fingerprint density at radius 3 is 2.25 bits per heavy atom. The zero-order chi connectivity index (χ0) is 15.9. The normalized spacial score (nSPS) is 13.5. The van der Waals surface area contributed by atoms with Gasteiger partial charge in [0.05, 0.1) is 14.2 Å².